The van der Waals surface area contributed by atoms with E-state index in [2.05, 4.69) is 58.5 Å². The number of aliphatic hydroxyl groups excluding tert-OH is 2. The van der Waals surface area contributed by atoms with Crippen LogP contribution in [0.2, 0.25) is 0 Å². The van der Waals surface area contributed by atoms with Gasteiger partial charge in [0.15, 0.2) is 6.10 Å². The minimum atomic E-state index is -4.89. The molecule has 0 bridgehead atoms. The van der Waals surface area contributed by atoms with Crippen molar-refractivity contribution in [3.05, 3.63) is 122 Å². The molecule has 0 aromatic heterocycles. The average Bonchev–Trinajstić information content (AvgIpc) is 3.25. The van der Waals surface area contributed by atoms with E-state index in [0.29, 0.717) is 32.1 Å². The van der Waals surface area contributed by atoms with Crippen LogP contribution in [0.4, 0.5) is 0 Å². The summed E-state index contributed by atoms with van der Waals surface area (Å²) in [6, 6.07) is 0. The van der Waals surface area contributed by atoms with Crippen LogP contribution in [0.3, 0.4) is 0 Å². The van der Waals surface area contributed by atoms with E-state index < -0.39 is 72.3 Å². The number of esters is 2. The lowest BCUT2D eigenvalue weighted by atomic mass is 10.2. The summed E-state index contributed by atoms with van der Waals surface area (Å²) in [5.74, 6) is -1.23. The van der Waals surface area contributed by atoms with Gasteiger partial charge in [-0.2, -0.15) is 0 Å². The summed E-state index contributed by atoms with van der Waals surface area (Å²) in [7, 11) is -9.75. The Hall–Kier alpha value is -3.52. The fraction of sp³-hybridized carbons (Fsp3) is 0.542. The van der Waals surface area contributed by atoms with Gasteiger partial charge in [-0.15, -0.1) is 0 Å². The number of carbonyl (C=O) groups is 2. The van der Waals surface area contributed by atoms with E-state index in [4.69, 9.17) is 23.8 Å². The third-order valence-corrected chi connectivity index (χ3v) is 9.85. The number of unbranched alkanes of at least 4 members (excludes halogenated alkanes) is 4. The summed E-state index contributed by atoms with van der Waals surface area (Å²) in [5, 5.41) is 19.5. The van der Waals surface area contributed by atoms with Crippen molar-refractivity contribution >= 4 is 27.6 Å². The summed E-state index contributed by atoms with van der Waals surface area (Å²) < 4.78 is 47.6. The van der Waals surface area contributed by atoms with Gasteiger partial charge in [-0.05, 0) is 83.5 Å². The molecule has 0 saturated heterocycles. The molecule has 16 heteroatoms. The first-order chi connectivity index (χ1) is 30.8. The van der Waals surface area contributed by atoms with Gasteiger partial charge in [0.2, 0.25) is 0 Å². The first-order valence-electron chi connectivity index (χ1n) is 22.3. The molecule has 14 nitrogen and oxygen atoms in total. The maximum Gasteiger partial charge on any atom is 0.472 e. The van der Waals surface area contributed by atoms with Gasteiger partial charge in [-0.25, -0.2) is 9.13 Å². The van der Waals surface area contributed by atoms with E-state index in [1.807, 2.05) is 79.8 Å². The largest absolute Gasteiger partial charge is 0.472 e. The first-order valence-corrected chi connectivity index (χ1v) is 25.4. The second kappa shape index (κ2) is 42.1. The summed E-state index contributed by atoms with van der Waals surface area (Å²) in [5.41, 5.74) is 0. The van der Waals surface area contributed by atoms with Crippen molar-refractivity contribution in [3.8, 4) is 0 Å². The molecule has 0 fully saturated rings. The van der Waals surface area contributed by atoms with Crippen LogP contribution in [0.1, 0.15) is 123 Å². The molecule has 0 aliphatic heterocycles. The van der Waals surface area contributed by atoms with Gasteiger partial charge in [0.05, 0.1) is 25.9 Å². The van der Waals surface area contributed by atoms with E-state index in [-0.39, 0.29) is 12.8 Å². The number of carbonyl (C=O) groups excluding carboxylic acids is 2. The molecule has 4 atom stereocenters. The van der Waals surface area contributed by atoms with Crippen molar-refractivity contribution in [1.29, 1.82) is 0 Å². The van der Waals surface area contributed by atoms with Crippen LogP contribution < -0.4 is 0 Å². The summed E-state index contributed by atoms with van der Waals surface area (Å²) in [6.45, 7) is 1.31. The van der Waals surface area contributed by atoms with E-state index in [9.17, 15) is 33.8 Å². The highest BCUT2D eigenvalue weighted by Crippen LogP contribution is 2.43. The molecule has 362 valence electrons. The summed E-state index contributed by atoms with van der Waals surface area (Å²) in [4.78, 5) is 52.7. The molecule has 64 heavy (non-hydrogen) atoms. The molecular weight excluding hydrogens is 862 g/mol. The molecule has 0 saturated carbocycles. The summed E-state index contributed by atoms with van der Waals surface area (Å²) in [6.07, 6.45) is 49.8. The Morgan fingerprint density at radius 1 is 0.531 bits per heavy atom. The number of ether oxygens (including phenoxy) is 2. The Kier molecular flexibility index (Phi) is 39.8. The smallest absolute Gasteiger partial charge is 0.462 e. The standard InChI is InChI=1S/C48H76O14P2/c1-3-5-7-8-9-10-11-12-13-14-15-16-17-18-23-26-29-32-35-39-48(52)62-46(43-61-64(56,57)60-41-45(50)40-59-63(53,54)55)42-58-47(51)38-34-31-28-25-22-20-19-21-24-27-30-33-37-44(49)36-6-4-2/h6,9-10,12-13,15-16,18-20,23-25,27-30,32-33,36,44-46,49-50H,3-5,7-8,11,14,17,21-22,26,31,34-35,37-43H2,1-2H3,(H,56,57)(H2,53,54,55)/b10-9-,13-12-,16-15-,20-19-,23-18-,27-24-,28-25-,32-29-,33-30+,36-6-/t44?,45-,46+/m0/s1. The number of hydrogen-bond donors (Lipinski definition) is 5. The second-order valence-electron chi connectivity index (χ2n) is 14.4. The zero-order valence-electron chi connectivity index (χ0n) is 37.9. The van der Waals surface area contributed by atoms with E-state index >= 15 is 0 Å². The van der Waals surface area contributed by atoms with Gasteiger partial charge in [0.1, 0.15) is 12.7 Å². The molecule has 0 spiro atoms. The zero-order valence-corrected chi connectivity index (χ0v) is 39.7. The summed E-state index contributed by atoms with van der Waals surface area (Å²) >= 11 is 0. The number of phosphoric acid groups is 2. The lowest BCUT2D eigenvalue weighted by Gasteiger charge is -2.20. The second-order valence-corrected chi connectivity index (χ2v) is 17.1. The average molecular weight is 939 g/mol. The fourth-order valence-electron chi connectivity index (χ4n) is 5.03. The third-order valence-electron chi connectivity index (χ3n) is 8.41. The normalized spacial score (nSPS) is 15.5. The van der Waals surface area contributed by atoms with Gasteiger partial charge in [0, 0.05) is 12.8 Å². The Balaban J connectivity index is 4.77. The van der Waals surface area contributed by atoms with Crippen LogP contribution in [-0.2, 0) is 41.8 Å². The Labute approximate surface area is 382 Å². The van der Waals surface area contributed by atoms with Crippen LogP contribution in [0.5, 0.6) is 0 Å². The maximum absolute atomic E-state index is 12.6. The van der Waals surface area contributed by atoms with Crippen molar-refractivity contribution in [2.24, 2.45) is 0 Å². The highest BCUT2D eigenvalue weighted by atomic mass is 31.2. The zero-order chi connectivity index (χ0) is 47.4. The van der Waals surface area contributed by atoms with Gasteiger partial charge in [0.25, 0.3) is 0 Å². The molecule has 0 aliphatic carbocycles. The molecular formula is C48H76O14P2. The van der Waals surface area contributed by atoms with Crippen LogP contribution in [0.15, 0.2) is 122 Å². The number of aliphatic hydroxyl groups is 2. The van der Waals surface area contributed by atoms with Crippen molar-refractivity contribution in [2.75, 3.05) is 26.4 Å². The maximum atomic E-state index is 12.6. The molecule has 0 aromatic rings. The number of allylic oxidation sites excluding steroid dienone is 18. The predicted molar refractivity (Wildman–Crippen MR) is 254 cm³/mol. The first kappa shape index (κ1) is 60.5. The highest BCUT2D eigenvalue weighted by Gasteiger charge is 2.28. The molecule has 0 amide bonds. The van der Waals surface area contributed by atoms with E-state index in [0.717, 1.165) is 44.9 Å². The molecule has 0 aliphatic rings. The Morgan fingerprint density at radius 3 is 1.59 bits per heavy atom. The highest BCUT2D eigenvalue weighted by molar-refractivity contribution is 7.47. The van der Waals surface area contributed by atoms with Crippen molar-refractivity contribution < 1.29 is 66.7 Å². The SMILES string of the molecule is CC/C=C\C(O)C/C=C/C=C\C/C=C\C/C=C\CCCC(=O)OC[C@H](COP(=O)(O)OC[C@@H](O)COP(=O)(O)O)OC(=O)CC/C=C\C/C=C\C/C=C\C/C=C\C/C=C\CCCCC. The minimum Gasteiger partial charge on any atom is -0.462 e. The predicted octanol–water partition coefficient (Wildman–Crippen LogP) is 10.6. The van der Waals surface area contributed by atoms with Crippen LogP contribution in [-0.4, -0.2) is 81.6 Å². The molecule has 0 rings (SSSR count). The minimum absolute atomic E-state index is 0.0205. The molecule has 0 heterocycles. The molecule has 5 N–H and O–H groups in total. The van der Waals surface area contributed by atoms with Gasteiger partial charge >= 0.3 is 27.6 Å². The van der Waals surface area contributed by atoms with Crippen LogP contribution >= 0.6 is 15.6 Å². The van der Waals surface area contributed by atoms with Crippen LogP contribution in [0.25, 0.3) is 0 Å². The molecule has 0 radical (unpaired) electrons. The van der Waals surface area contributed by atoms with Crippen molar-refractivity contribution in [1.82, 2.24) is 0 Å². The Morgan fingerprint density at radius 2 is 1.03 bits per heavy atom. The van der Waals surface area contributed by atoms with E-state index in [1.165, 1.54) is 19.3 Å². The van der Waals surface area contributed by atoms with Gasteiger partial charge in [-0.3, -0.25) is 23.2 Å². The lowest BCUT2D eigenvalue weighted by Crippen LogP contribution is -2.29. The fourth-order valence-corrected chi connectivity index (χ4v) is 6.19. The quantitative estimate of drug-likeness (QED) is 0.0127. The number of hydrogen-bond acceptors (Lipinski definition) is 11. The van der Waals surface area contributed by atoms with Gasteiger partial charge in [-0.1, -0.05) is 148 Å². The Bertz CT molecular complexity index is 1600. The third kappa shape index (κ3) is 45.1. The lowest BCUT2D eigenvalue weighted by molar-refractivity contribution is -0.161. The molecule has 0 aromatic carbocycles. The number of phosphoric ester groups is 2. The van der Waals surface area contributed by atoms with E-state index in [1.54, 1.807) is 6.08 Å². The van der Waals surface area contributed by atoms with Crippen molar-refractivity contribution in [3.63, 3.8) is 0 Å². The monoisotopic (exact) mass is 938 g/mol. The van der Waals surface area contributed by atoms with Crippen LogP contribution in [0, 0.1) is 0 Å². The molecule has 2 unspecified atom stereocenters. The van der Waals surface area contributed by atoms with Crippen molar-refractivity contribution in [2.45, 2.75) is 141 Å². The topological polar surface area (TPSA) is 216 Å². The number of rotatable bonds is 40. The van der Waals surface area contributed by atoms with Gasteiger partial charge < -0.3 is 34.4 Å².